The maximum absolute atomic E-state index is 12.4. The molecule has 3 rings (SSSR count). The van der Waals surface area contributed by atoms with E-state index >= 15 is 0 Å². The third kappa shape index (κ3) is 2.84. The van der Waals surface area contributed by atoms with Crippen LogP contribution in [0.4, 0.5) is 0 Å². The Labute approximate surface area is 117 Å². The second-order valence-electron chi connectivity index (χ2n) is 5.17. The molecule has 6 heteroatoms. The Morgan fingerprint density at radius 2 is 2.25 bits per heavy atom. The first-order chi connectivity index (χ1) is 9.83. The Hall–Kier alpha value is -2.24. The van der Waals surface area contributed by atoms with Crippen molar-refractivity contribution in [2.75, 3.05) is 13.1 Å². The number of nitrogens with one attached hydrogen (secondary N) is 1. The average molecular weight is 271 g/mol. The van der Waals surface area contributed by atoms with Crippen LogP contribution in [0.5, 0.6) is 0 Å². The first kappa shape index (κ1) is 12.8. The summed E-state index contributed by atoms with van der Waals surface area (Å²) in [7, 11) is 0. The van der Waals surface area contributed by atoms with Crippen molar-refractivity contribution in [1.29, 1.82) is 0 Å². The summed E-state index contributed by atoms with van der Waals surface area (Å²) >= 11 is 0. The van der Waals surface area contributed by atoms with E-state index in [1.165, 1.54) is 6.33 Å². The summed E-state index contributed by atoms with van der Waals surface area (Å²) in [5, 5.41) is 6.95. The van der Waals surface area contributed by atoms with Gasteiger partial charge in [0.2, 0.25) is 0 Å². The lowest BCUT2D eigenvalue weighted by molar-refractivity contribution is 0.0672. The minimum Gasteiger partial charge on any atom is -0.338 e. The third-order valence-electron chi connectivity index (χ3n) is 3.68. The number of carbonyl (C=O) groups excluding carboxylic acids is 1. The van der Waals surface area contributed by atoms with Crippen molar-refractivity contribution < 1.29 is 4.79 Å². The van der Waals surface area contributed by atoms with E-state index in [1.807, 2.05) is 11.0 Å². The predicted octanol–water partition coefficient (Wildman–Crippen LogP) is 1.29. The maximum Gasteiger partial charge on any atom is 0.256 e. The van der Waals surface area contributed by atoms with E-state index in [1.54, 1.807) is 18.6 Å². The van der Waals surface area contributed by atoms with Crippen LogP contribution in [0.15, 0.2) is 31.0 Å². The SMILES string of the molecule is O=C(c1cncnc1)N1CCCC(Cc2ccn[nH]2)C1. The van der Waals surface area contributed by atoms with Gasteiger partial charge < -0.3 is 4.90 Å². The van der Waals surface area contributed by atoms with Gasteiger partial charge in [0.25, 0.3) is 5.91 Å². The third-order valence-corrected chi connectivity index (χ3v) is 3.68. The number of rotatable bonds is 3. The molecule has 104 valence electrons. The molecule has 0 saturated carbocycles. The van der Waals surface area contributed by atoms with Gasteiger partial charge in [0, 0.05) is 37.4 Å². The minimum atomic E-state index is 0.0277. The zero-order valence-corrected chi connectivity index (χ0v) is 11.2. The summed E-state index contributed by atoms with van der Waals surface area (Å²) in [5.41, 5.74) is 1.70. The number of hydrogen-bond acceptors (Lipinski definition) is 4. The highest BCUT2D eigenvalue weighted by atomic mass is 16.2. The van der Waals surface area contributed by atoms with Crippen molar-refractivity contribution in [2.24, 2.45) is 5.92 Å². The molecule has 0 radical (unpaired) electrons. The Morgan fingerprint density at radius 3 is 3.00 bits per heavy atom. The number of amides is 1. The number of H-pyrrole nitrogens is 1. The van der Waals surface area contributed by atoms with Crippen molar-refractivity contribution in [3.63, 3.8) is 0 Å². The molecular formula is C14H17N5O. The fourth-order valence-corrected chi connectivity index (χ4v) is 2.72. The molecule has 0 aliphatic carbocycles. The first-order valence-corrected chi connectivity index (χ1v) is 6.85. The monoisotopic (exact) mass is 271 g/mol. The normalized spacial score (nSPS) is 19.0. The molecule has 1 saturated heterocycles. The minimum absolute atomic E-state index is 0.0277. The lowest BCUT2D eigenvalue weighted by Gasteiger charge is -2.32. The van der Waals surface area contributed by atoms with Gasteiger partial charge in [0.05, 0.1) is 5.56 Å². The second kappa shape index (κ2) is 5.81. The van der Waals surface area contributed by atoms with Gasteiger partial charge in [-0.15, -0.1) is 0 Å². The van der Waals surface area contributed by atoms with Crippen LogP contribution in [0, 0.1) is 5.92 Å². The van der Waals surface area contributed by atoms with Crippen molar-refractivity contribution in [1.82, 2.24) is 25.1 Å². The van der Waals surface area contributed by atoms with Crippen LogP contribution in [0.2, 0.25) is 0 Å². The smallest absolute Gasteiger partial charge is 0.256 e. The van der Waals surface area contributed by atoms with E-state index in [-0.39, 0.29) is 5.91 Å². The van der Waals surface area contributed by atoms with Gasteiger partial charge in [-0.25, -0.2) is 9.97 Å². The van der Waals surface area contributed by atoms with Crippen molar-refractivity contribution in [2.45, 2.75) is 19.3 Å². The number of aromatic nitrogens is 4. The zero-order valence-electron chi connectivity index (χ0n) is 11.2. The standard InChI is InChI=1S/C14H17N5O/c20-14(12-7-15-10-16-8-12)19-5-1-2-11(9-19)6-13-3-4-17-18-13/h3-4,7-8,10-11H,1-2,5-6,9H2,(H,17,18). The summed E-state index contributed by atoms with van der Waals surface area (Å²) in [6.45, 7) is 1.60. The van der Waals surface area contributed by atoms with Gasteiger partial charge in [-0.2, -0.15) is 5.10 Å². The summed E-state index contributed by atoms with van der Waals surface area (Å²) in [4.78, 5) is 22.1. The molecule has 3 heterocycles. The van der Waals surface area contributed by atoms with E-state index in [2.05, 4.69) is 20.2 Å². The fraction of sp³-hybridized carbons (Fsp3) is 0.429. The molecule has 0 bridgehead atoms. The molecule has 1 amide bonds. The number of carbonyl (C=O) groups is 1. The summed E-state index contributed by atoms with van der Waals surface area (Å²) in [6, 6.07) is 1.99. The molecule has 1 atom stereocenters. The van der Waals surface area contributed by atoms with Crippen LogP contribution in [0.1, 0.15) is 28.9 Å². The van der Waals surface area contributed by atoms with Crippen LogP contribution in [-0.2, 0) is 6.42 Å². The van der Waals surface area contributed by atoms with Crippen molar-refractivity contribution in [3.05, 3.63) is 42.2 Å². The van der Waals surface area contributed by atoms with Crippen molar-refractivity contribution >= 4 is 5.91 Å². The molecule has 20 heavy (non-hydrogen) atoms. The number of likely N-dealkylation sites (tertiary alicyclic amines) is 1. The summed E-state index contributed by atoms with van der Waals surface area (Å²) in [5.74, 6) is 0.512. The van der Waals surface area contributed by atoms with Gasteiger partial charge in [0.15, 0.2) is 0 Å². The molecule has 1 unspecified atom stereocenters. The predicted molar refractivity (Wildman–Crippen MR) is 73.0 cm³/mol. The molecule has 0 aromatic carbocycles. The van der Waals surface area contributed by atoms with Crippen LogP contribution < -0.4 is 0 Å². The van der Waals surface area contributed by atoms with Gasteiger partial charge in [0.1, 0.15) is 6.33 Å². The van der Waals surface area contributed by atoms with Crippen LogP contribution in [-0.4, -0.2) is 44.1 Å². The molecular weight excluding hydrogens is 254 g/mol. The molecule has 1 fully saturated rings. The largest absolute Gasteiger partial charge is 0.338 e. The molecule has 0 spiro atoms. The number of aromatic amines is 1. The molecule has 1 aliphatic rings. The molecule has 6 nitrogen and oxygen atoms in total. The Kier molecular flexibility index (Phi) is 3.71. The number of hydrogen-bond donors (Lipinski definition) is 1. The second-order valence-corrected chi connectivity index (χ2v) is 5.17. The van der Waals surface area contributed by atoms with E-state index < -0.39 is 0 Å². The highest BCUT2D eigenvalue weighted by Crippen LogP contribution is 2.21. The van der Waals surface area contributed by atoms with Gasteiger partial charge >= 0.3 is 0 Å². The number of nitrogens with zero attached hydrogens (tertiary/aromatic N) is 4. The van der Waals surface area contributed by atoms with E-state index in [0.29, 0.717) is 11.5 Å². The molecule has 2 aromatic heterocycles. The Bertz CT molecular complexity index is 554. The van der Waals surface area contributed by atoms with E-state index in [0.717, 1.165) is 38.0 Å². The summed E-state index contributed by atoms with van der Waals surface area (Å²) < 4.78 is 0. The van der Waals surface area contributed by atoms with E-state index in [4.69, 9.17) is 0 Å². The highest BCUT2D eigenvalue weighted by molar-refractivity contribution is 5.93. The van der Waals surface area contributed by atoms with Gasteiger partial charge in [-0.1, -0.05) is 0 Å². The van der Waals surface area contributed by atoms with Crippen LogP contribution >= 0.6 is 0 Å². The van der Waals surface area contributed by atoms with E-state index in [9.17, 15) is 4.79 Å². The van der Waals surface area contributed by atoms with Crippen molar-refractivity contribution in [3.8, 4) is 0 Å². The first-order valence-electron chi connectivity index (χ1n) is 6.85. The summed E-state index contributed by atoms with van der Waals surface area (Å²) in [6.07, 6.45) is 9.49. The van der Waals surface area contributed by atoms with Gasteiger partial charge in [-0.3, -0.25) is 9.89 Å². The molecule has 1 aliphatic heterocycles. The maximum atomic E-state index is 12.4. The van der Waals surface area contributed by atoms with Crippen LogP contribution in [0.25, 0.3) is 0 Å². The zero-order chi connectivity index (χ0) is 13.8. The Balaban J connectivity index is 1.64. The fourth-order valence-electron chi connectivity index (χ4n) is 2.72. The molecule has 2 aromatic rings. The van der Waals surface area contributed by atoms with Crippen LogP contribution in [0.3, 0.4) is 0 Å². The quantitative estimate of drug-likeness (QED) is 0.913. The lowest BCUT2D eigenvalue weighted by Crippen LogP contribution is -2.40. The lowest BCUT2D eigenvalue weighted by atomic mass is 9.93. The highest BCUT2D eigenvalue weighted by Gasteiger charge is 2.25. The Morgan fingerprint density at radius 1 is 1.40 bits per heavy atom. The topological polar surface area (TPSA) is 74.8 Å². The molecule has 1 N–H and O–H groups in total. The average Bonchev–Trinajstić information content (AvgIpc) is 3.01. The number of piperidine rings is 1. The van der Waals surface area contributed by atoms with Gasteiger partial charge in [-0.05, 0) is 31.2 Å².